The maximum Gasteiger partial charge on any atom is 0.389 e. The number of hydrogen-bond donors (Lipinski definition) is 1. The Morgan fingerprint density at radius 2 is 2.06 bits per heavy atom. The molecule has 1 heterocycles. The van der Waals surface area contributed by atoms with E-state index in [0.29, 0.717) is 19.6 Å². The summed E-state index contributed by atoms with van der Waals surface area (Å²) in [4.78, 5) is 13.2. The molecule has 1 amide bonds. The molecule has 0 aromatic heterocycles. The van der Waals surface area contributed by atoms with Crippen LogP contribution in [0.5, 0.6) is 0 Å². The minimum Gasteiger partial charge on any atom is -0.337 e. The molecule has 6 heteroatoms. The van der Waals surface area contributed by atoms with Crippen LogP contribution in [0.2, 0.25) is 0 Å². The first-order valence-electron chi connectivity index (χ1n) is 5.51. The highest BCUT2D eigenvalue weighted by Gasteiger charge is 2.32. The summed E-state index contributed by atoms with van der Waals surface area (Å²) in [5.41, 5.74) is 0. The minimum absolute atomic E-state index is 0.0840. The van der Waals surface area contributed by atoms with Gasteiger partial charge in [0.15, 0.2) is 0 Å². The van der Waals surface area contributed by atoms with Crippen molar-refractivity contribution < 1.29 is 18.0 Å². The largest absolute Gasteiger partial charge is 0.389 e. The Morgan fingerprint density at radius 3 is 2.44 bits per heavy atom. The lowest BCUT2D eigenvalue weighted by atomic mass is 10.1. The van der Waals surface area contributed by atoms with Gasteiger partial charge in [0.2, 0.25) is 5.91 Å². The molecule has 16 heavy (non-hydrogen) atoms. The molecule has 3 nitrogen and oxygen atoms in total. The SMILES string of the molecule is CCCN(C(=O)CCC(F)(F)F)C1CNC1. The summed E-state index contributed by atoms with van der Waals surface area (Å²) in [5.74, 6) is -0.384. The number of halogens is 3. The van der Waals surface area contributed by atoms with Crippen LogP contribution in [0, 0.1) is 0 Å². The van der Waals surface area contributed by atoms with Gasteiger partial charge >= 0.3 is 6.18 Å². The molecule has 1 aliphatic rings. The van der Waals surface area contributed by atoms with E-state index in [0.717, 1.165) is 6.42 Å². The quantitative estimate of drug-likeness (QED) is 0.788. The van der Waals surface area contributed by atoms with Gasteiger partial charge in [0, 0.05) is 26.1 Å². The van der Waals surface area contributed by atoms with Crippen LogP contribution >= 0.6 is 0 Å². The van der Waals surface area contributed by atoms with Crippen LogP contribution in [0.1, 0.15) is 26.2 Å². The second-order valence-corrected chi connectivity index (χ2v) is 4.01. The molecule has 1 N–H and O–H groups in total. The van der Waals surface area contributed by atoms with Crippen molar-refractivity contribution in [2.24, 2.45) is 0 Å². The van der Waals surface area contributed by atoms with Gasteiger partial charge in [-0.3, -0.25) is 4.79 Å². The monoisotopic (exact) mass is 238 g/mol. The number of nitrogens with zero attached hydrogens (tertiary/aromatic N) is 1. The summed E-state index contributed by atoms with van der Waals surface area (Å²) in [6, 6.07) is 0.0840. The summed E-state index contributed by atoms with van der Waals surface area (Å²) in [7, 11) is 0. The van der Waals surface area contributed by atoms with Crippen LogP contribution in [0.25, 0.3) is 0 Å². The zero-order valence-electron chi connectivity index (χ0n) is 9.31. The van der Waals surface area contributed by atoms with E-state index in [1.165, 1.54) is 0 Å². The average Bonchev–Trinajstić information content (AvgIpc) is 2.09. The fraction of sp³-hybridized carbons (Fsp3) is 0.900. The summed E-state index contributed by atoms with van der Waals surface area (Å²) in [5, 5.41) is 3.01. The molecule has 0 atom stereocenters. The van der Waals surface area contributed by atoms with Gasteiger partial charge in [-0.2, -0.15) is 13.2 Å². The minimum atomic E-state index is -4.24. The first-order chi connectivity index (χ1) is 7.44. The van der Waals surface area contributed by atoms with Crippen molar-refractivity contribution in [3.63, 3.8) is 0 Å². The standard InChI is InChI=1S/C10H17F3N2O/c1-2-5-15(8-6-14-7-8)9(16)3-4-10(11,12)13/h8,14H,2-7H2,1H3. The Balaban J connectivity index is 2.41. The molecule has 0 unspecified atom stereocenters. The Bertz CT molecular complexity index is 239. The van der Waals surface area contributed by atoms with Gasteiger partial charge in [-0.05, 0) is 6.42 Å². The third-order valence-corrected chi connectivity index (χ3v) is 2.61. The highest BCUT2D eigenvalue weighted by atomic mass is 19.4. The predicted molar refractivity (Wildman–Crippen MR) is 54.0 cm³/mol. The van der Waals surface area contributed by atoms with Gasteiger partial charge in [0.1, 0.15) is 0 Å². The second-order valence-electron chi connectivity index (χ2n) is 4.01. The maximum atomic E-state index is 12.0. The van der Waals surface area contributed by atoms with Crippen LogP contribution in [-0.4, -0.2) is 42.7 Å². The summed E-state index contributed by atoms with van der Waals surface area (Å²) in [6.07, 6.45) is -4.92. The number of hydrogen-bond acceptors (Lipinski definition) is 2. The Hall–Kier alpha value is -0.780. The van der Waals surface area contributed by atoms with E-state index in [9.17, 15) is 18.0 Å². The Morgan fingerprint density at radius 1 is 1.44 bits per heavy atom. The van der Waals surface area contributed by atoms with Crippen molar-refractivity contribution in [1.29, 1.82) is 0 Å². The van der Waals surface area contributed by atoms with E-state index in [1.807, 2.05) is 6.92 Å². The van der Waals surface area contributed by atoms with Gasteiger partial charge in [-0.25, -0.2) is 0 Å². The van der Waals surface area contributed by atoms with Gasteiger partial charge in [-0.15, -0.1) is 0 Å². The highest BCUT2D eigenvalue weighted by molar-refractivity contribution is 5.76. The summed E-state index contributed by atoms with van der Waals surface area (Å²) < 4.78 is 35.9. The topological polar surface area (TPSA) is 32.3 Å². The van der Waals surface area contributed by atoms with Crippen LogP contribution in [0.4, 0.5) is 13.2 Å². The number of nitrogens with one attached hydrogen (secondary N) is 1. The third-order valence-electron chi connectivity index (χ3n) is 2.61. The smallest absolute Gasteiger partial charge is 0.337 e. The lowest BCUT2D eigenvalue weighted by molar-refractivity contribution is -0.151. The van der Waals surface area contributed by atoms with Crippen molar-refractivity contribution in [2.75, 3.05) is 19.6 Å². The van der Waals surface area contributed by atoms with E-state index in [1.54, 1.807) is 4.90 Å². The normalized spacial score (nSPS) is 17.0. The van der Waals surface area contributed by atoms with E-state index in [2.05, 4.69) is 5.32 Å². The molecular formula is C10H17F3N2O. The maximum absolute atomic E-state index is 12.0. The Kier molecular flexibility index (Phi) is 4.58. The number of carbonyl (C=O) groups is 1. The average molecular weight is 238 g/mol. The first-order valence-corrected chi connectivity index (χ1v) is 5.51. The molecule has 0 aromatic carbocycles. The Labute approximate surface area is 93.0 Å². The van der Waals surface area contributed by atoms with Gasteiger partial charge < -0.3 is 10.2 Å². The number of rotatable bonds is 5. The second kappa shape index (κ2) is 5.52. The fourth-order valence-electron chi connectivity index (χ4n) is 1.64. The molecule has 1 aliphatic heterocycles. The summed E-state index contributed by atoms with van der Waals surface area (Å²) >= 11 is 0. The van der Waals surface area contributed by atoms with Crippen molar-refractivity contribution in [1.82, 2.24) is 10.2 Å². The first kappa shape index (κ1) is 13.3. The van der Waals surface area contributed by atoms with Crippen molar-refractivity contribution in [2.45, 2.75) is 38.4 Å². The predicted octanol–water partition coefficient (Wildman–Crippen LogP) is 1.54. The lowest BCUT2D eigenvalue weighted by Crippen LogP contribution is -2.59. The highest BCUT2D eigenvalue weighted by Crippen LogP contribution is 2.22. The molecule has 0 aromatic rings. The zero-order valence-corrected chi connectivity index (χ0v) is 9.31. The molecule has 0 radical (unpaired) electrons. The van der Waals surface area contributed by atoms with Crippen molar-refractivity contribution in [3.05, 3.63) is 0 Å². The third kappa shape index (κ3) is 4.00. The molecule has 0 bridgehead atoms. The summed E-state index contributed by atoms with van der Waals surface area (Å²) in [6.45, 7) is 3.84. The van der Waals surface area contributed by atoms with E-state index < -0.39 is 19.0 Å². The lowest BCUT2D eigenvalue weighted by Gasteiger charge is -2.38. The van der Waals surface area contributed by atoms with Gasteiger partial charge in [-0.1, -0.05) is 6.92 Å². The molecular weight excluding hydrogens is 221 g/mol. The van der Waals surface area contributed by atoms with Crippen LogP contribution < -0.4 is 5.32 Å². The van der Waals surface area contributed by atoms with Crippen molar-refractivity contribution >= 4 is 5.91 Å². The van der Waals surface area contributed by atoms with E-state index >= 15 is 0 Å². The molecule has 1 fully saturated rings. The van der Waals surface area contributed by atoms with Crippen LogP contribution in [0.15, 0.2) is 0 Å². The number of carbonyl (C=O) groups excluding carboxylic acids is 1. The van der Waals surface area contributed by atoms with Crippen LogP contribution in [0.3, 0.4) is 0 Å². The molecule has 0 aliphatic carbocycles. The van der Waals surface area contributed by atoms with Gasteiger partial charge in [0.05, 0.1) is 12.5 Å². The van der Waals surface area contributed by atoms with Crippen LogP contribution in [-0.2, 0) is 4.79 Å². The molecule has 94 valence electrons. The fourth-order valence-corrected chi connectivity index (χ4v) is 1.64. The molecule has 0 spiro atoms. The van der Waals surface area contributed by atoms with Crippen molar-refractivity contribution in [3.8, 4) is 0 Å². The van der Waals surface area contributed by atoms with Gasteiger partial charge in [0.25, 0.3) is 0 Å². The number of amides is 1. The molecule has 1 rings (SSSR count). The van der Waals surface area contributed by atoms with E-state index in [4.69, 9.17) is 0 Å². The number of alkyl halides is 3. The van der Waals surface area contributed by atoms with E-state index in [-0.39, 0.29) is 11.9 Å². The molecule has 1 saturated heterocycles. The molecule has 0 saturated carbocycles. The zero-order chi connectivity index (χ0) is 12.2.